The Morgan fingerprint density at radius 3 is 2.30 bits per heavy atom. The molecule has 0 fully saturated rings. The van der Waals surface area contributed by atoms with Gasteiger partial charge in [-0.05, 0) is 19.4 Å². The lowest BCUT2D eigenvalue weighted by atomic mass is 9.96. The number of aliphatic hydroxyl groups is 1. The second kappa shape index (κ2) is 6.93. The standard InChI is InChI=1S/C17H21NO5/c1-10-5-7-12(8-6-10)15-14(11(2)19)16(20)17(21)18(15)9-13(22-3)23-4/h5-8,13,15,20H,9H2,1-4H3/t15-/m1/s1. The Labute approximate surface area is 135 Å². The summed E-state index contributed by atoms with van der Waals surface area (Å²) in [5, 5.41) is 10.1. The molecule has 6 heteroatoms. The number of benzene rings is 1. The van der Waals surface area contributed by atoms with Crippen LogP contribution in [0.25, 0.3) is 0 Å². The molecule has 0 radical (unpaired) electrons. The maximum atomic E-state index is 12.4. The van der Waals surface area contributed by atoms with Gasteiger partial charge < -0.3 is 19.5 Å². The summed E-state index contributed by atoms with van der Waals surface area (Å²) in [7, 11) is 2.93. The van der Waals surface area contributed by atoms with Crippen LogP contribution in [0.15, 0.2) is 35.6 Å². The molecular weight excluding hydrogens is 298 g/mol. The molecule has 1 amide bonds. The molecule has 0 saturated heterocycles. The molecule has 6 nitrogen and oxygen atoms in total. The Morgan fingerprint density at radius 2 is 1.83 bits per heavy atom. The van der Waals surface area contributed by atoms with Crippen LogP contribution in [0.1, 0.15) is 24.1 Å². The van der Waals surface area contributed by atoms with E-state index >= 15 is 0 Å². The second-order valence-corrected chi connectivity index (χ2v) is 5.49. The van der Waals surface area contributed by atoms with Gasteiger partial charge in [-0.1, -0.05) is 29.8 Å². The summed E-state index contributed by atoms with van der Waals surface area (Å²) in [5.74, 6) is -1.44. The molecule has 1 aromatic carbocycles. The first kappa shape index (κ1) is 17.2. The van der Waals surface area contributed by atoms with E-state index in [2.05, 4.69) is 0 Å². The maximum absolute atomic E-state index is 12.4. The summed E-state index contributed by atoms with van der Waals surface area (Å²) in [5.41, 5.74) is 1.92. The first-order valence-electron chi connectivity index (χ1n) is 7.27. The first-order valence-corrected chi connectivity index (χ1v) is 7.27. The number of carbonyl (C=O) groups excluding carboxylic acids is 2. The largest absolute Gasteiger partial charge is 0.503 e. The van der Waals surface area contributed by atoms with Crippen molar-refractivity contribution in [3.05, 3.63) is 46.7 Å². The number of Topliss-reactive ketones (excluding diaryl/α,β-unsaturated/α-hetero) is 1. The van der Waals surface area contributed by atoms with Gasteiger partial charge in [-0.25, -0.2) is 0 Å². The van der Waals surface area contributed by atoms with Gasteiger partial charge in [0.05, 0.1) is 18.2 Å². The summed E-state index contributed by atoms with van der Waals surface area (Å²) in [6.45, 7) is 3.39. The zero-order chi connectivity index (χ0) is 17.1. The smallest absolute Gasteiger partial charge is 0.290 e. The van der Waals surface area contributed by atoms with Crippen LogP contribution in [0, 0.1) is 6.92 Å². The number of carbonyl (C=O) groups is 2. The molecule has 0 unspecified atom stereocenters. The topological polar surface area (TPSA) is 76.1 Å². The van der Waals surface area contributed by atoms with Crippen LogP contribution >= 0.6 is 0 Å². The number of nitrogens with zero attached hydrogens (tertiary/aromatic N) is 1. The Morgan fingerprint density at radius 1 is 1.26 bits per heavy atom. The molecule has 1 heterocycles. The van der Waals surface area contributed by atoms with Gasteiger partial charge in [0.2, 0.25) is 0 Å². The second-order valence-electron chi connectivity index (χ2n) is 5.49. The molecule has 0 aliphatic carbocycles. The fraction of sp³-hybridized carbons (Fsp3) is 0.412. The number of ether oxygens (including phenoxy) is 2. The molecule has 2 rings (SSSR count). The highest BCUT2D eigenvalue weighted by Crippen LogP contribution is 2.37. The molecule has 124 valence electrons. The van der Waals surface area contributed by atoms with Gasteiger partial charge in [0, 0.05) is 14.2 Å². The highest BCUT2D eigenvalue weighted by molar-refractivity contribution is 6.08. The Bertz CT molecular complexity index is 631. The van der Waals surface area contributed by atoms with Crippen molar-refractivity contribution in [2.45, 2.75) is 26.2 Å². The minimum atomic E-state index is -0.647. The average Bonchev–Trinajstić information content (AvgIpc) is 2.77. The lowest BCUT2D eigenvalue weighted by Gasteiger charge is -2.29. The average molecular weight is 319 g/mol. The number of hydrogen-bond donors (Lipinski definition) is 1. The summed E-state index contributed by atoms with van der Waals surface area (Å²) >= 11 is 0. The van der Waals surface area contributed by atoms with Gasteiger partial charge >= 0.3 is 0 Å². The molecule has 1 N–H and O–H groups in total. The SMILES string of the molecule is COC(CN1C(=O)C(O)=C(C(C)=O)[C@H]1c1ccc(C)cc1)OC. The van der Waals surface area contributed by atoms with Crippen molar-refractivity contribution in [1.82, 2.24) is 4.90 Å². The summed E-state index contributed by atoms with van der Waals surface area (Å²) in [6.07, 6.45) is -0.647. The Balaban J connectivity index is 2.46. The number of aliphatic hydroxyl groups excluding tert-OH is 1. The van der Waals surface area contributed by atoms with E-state index in [4.69, 9.17) is 9.47 Å². The quantitative estimate of drug-likeness (QED) is 0.811. The van der Waals surface area contributed by atoms with E-state index in [-0.39, 0.29) is 17.9 Å². The van der Waals surface area contributed by atoms with Crippen LogP contribution in [-0.2, 0) is 19.1 Å². The van der Waals surface area contributed by atoms with E-state index in [0.717, 1.165) is 11.1 Å². The zero-order valence-electron chi connectivity index (χ0n) is 13.7. The molecular formula is C17H21NO5. The van der Waals surface area contributed by atoms with Crippen molar-refractivity contribution in [3.8, 4) is 0 Å². The van der Waals surface area contributed by atoms with Gasteiger partial charge in [-0.3, -0.25) is 9.59 Å². The summed E-state index contributed by atoms with van der Waals surface area (Å²) in [4.78, 5) is 25.8. The van der Waals surface area contributed by atoms with E-state index < -0.39 is 24.0 Å². The van der Waals surface area contributed by atoms with E-state index in [9.17, 15) is 14.7 Å². The number of hydrogen-bond acceptors (Lipinski definition) is 5. The van der Waals surface area contributed by atoms with Gasteiger partial charge in [0.1, 0.15) is 0 Å². The predicted molar refractivity (Wildman–Crippen MR) is 83.8 cm³/mol. The summed E-state index contributed by atoms with van der Waals surface area (Å²) in [6, 6.07) is 6.84. The van der Waals surface area contributed by atoms with E-state index in [1.165, 1.54) is 26.0 Å². The fourth-order valence-electron chi connectivity index (χ4n) is 2.70. The van der Waals surface area contributed by atoms with Crippen molar-refractivity contribution >= 4 is 11.7 Å². The van der Waals surface area contributed by atoms with Crippen LogP contribution in [0.4, 0.5) is 0 Å². The van der Waals surface area contributed by atoms with Crippen LogP contribution in [0.3, 0.4) is 0 Å². The lowest BCUT2D eigenvalue weighted by molar-refractivity contribution is -0.144. The molecule has 1 atom stereocenters. The predicted octanol–water partition coefficient (Wildman–Crippen LogP) is 1.90. The molecule has 0 spiro atoms. The number of ketones is 1. The van der Waals surface area contributed by atoms with Crippen LogP contribution in [0.5, 0.6) is 0 Å². The monoisotopic (exact) mass is 319 g/mol. The van der Waals surface area contributed by atoms with E-state index in [0.29, 0.717) is 0 Å². The molecule has 23 heavy (non-hydrogen) atoms. The maximum Gasteiger partial charge on any atom is 0.290 e. The van der Waals surface area contributed by atoms with Crippen molar-refractivity contribution in [1.29, 1.82) is 0 Å². The van der Waals surface area contributed by atoms with Crippen LogP contribution in [-0.4, -0.2) is 48.8 Å². The van der Waals surface area contributed by atoms with Crippen molar-refractivity contribution in [3.63, 3.8) is 0 Å². The van der Waals surface area contributed by atoms with Crippen molar-refractivity contribution in [2.75, 3.05) is 20.8 Å². The minimum Gasteiger partial charge on any atom is -0.503 e. The highest BCUT2D eigenvalue weighted by atomic mass is 16.7. The minimum absolute atomic E-state index is 0.102. The Kier molecular flexibility index (Phi) is 5.18. The Hall–Kier alpha value is -2.18. The van der Waals surface area contributed by atoms with Gasteiger partial charge in [0.15, 0.2) is 17.8 Å². The van der Waals surface area contributed by atoms with Crippen molar-refractivity contribution < 1.29 is 24.2 Å². The van der Waals surface area contributed by atoms with Gasteiger partial charge in [-0.2, -0.15) is 0 Å². The third kappa shape index (κ3) is 3.28. The first-order chi connectivity index (χ1) is 10.9. The third-order valence-corrected chi connectivity index (χ3v) is 3.95. The number of rotatable bonds is 6. The number of amides is 1. The van der Waals surface area contributed by atoms with Crippen LogP contribution < -0.4 is 0 Å². The zero-order valence-corrected chi connectivity index (χ0v) is 13.7. The molecule has 1 aliphatic heterocycles. The lowest BCUT2D eigenvalue weighted by Crippen LogP contribution is -2.38. The van der Waals surface area contributed by atoms with Crippen molar-refractivity contribution in [2.24, 2.45) is 0 Å². The van der Waals surface area contributed by atoms with E-state index in [1.54, 1.807) is 0 Å². The number of methoxy groups -OCH3 is 2. The van der Waals surface area contributed by atoms with Crippen LogP contribution in [0.2, 0.25) is 0 Å². The van der Waals surface area contributed by atoms with Gasteiger partial charge in [-0.15, -0.1) is 0 Å². The fourth-order valence-corrected chi connectivity index (χ4v) is 2.70. The third-order valence-electron chi connectivity index (χ3n) is 3.95. The molecule has 0 bridgehead atoms. The van der Waals surface area contributed by atoms with Gasteiger partial charge in [0.25, 0.3) is 5.91 Å². The molecule has 0 aromatic heterocycles. The molecule has 1 aromatic rings. The van der Waals surface area contributed by atoms with E-state index in [1.807, 2.05) is 31.2 Å². The normalized spacial score (nSPS) is 18.2. The number of aryl methyl sites for hydroxylation is 1. The summed E-state index contributed by atoms with van der Waals surface area (Å²) < 4.78 is 10.3. The molecule has 1 aliphatic rings. The molecule has 0 saturated carbocycles. The highest BCUT2D eigenvalue weighted by Gasteiger charge is 2.43.